The van der Waals surface area contributed by atoms with Crippen LogP contribution in [0.25, 0.3) is 0 Å². The Kier molecular flexibility index (Phi) is 6.07. The molecule has 0 spiro atoms. The Morgan fingerprint density at radius 2 is 1.86 bits per heavy atom. The standard InChI is InChI=1S/C18H35NOS/c1-6-11-19-16(13-21-14-9-7-8-10-14)15-12-17(2,3)20-18(15,4)5/h14-16,19H,6-13H2,1-5H3. The van der Waals surface area contributed by atoms with E-state index in [1.54, 1.807) is 0 Å². The smallest absolute Gasteiger partial charge is 0.0678 e. The van der Waals surface area contributed by atoms with Gasteiger partial charge in [-0.2, -0.15) is 11.8 Å². The van der Waals surface area contributed by atoms with Gasteiger partial charge in [-0.1, -0.05) is 19.8 Å². The molecular formula is C18H35NOS. The predicted octanol–water partition coefficient (Wildman–Crippen LogP) is 4.62. The zero-order valence-electron chi connectivity index (χ0n) is 14.7. The van der Waals surface area contributed by atoms with Crippen LogP contribution in [0.3, 0.4) is 0 Å². The van der Waals surface area contributed by atoms with Crippen LogP contribution in [0.15, 0.2) is 0 Å². The number of ether oxygens (including phenoxy) is 1. The highest BCUT2D eigenvalue weighted by Gasteiger charge is 2.48. The lowest BCUT2D eigenvalue weighted by Crippen LogP contribution is -2.46. The van der Waals surface area contributed by atoms with Crippen molar-refractivity contribution in [1.82, 2.24) is 5.32 Å². The van der Waals surface area contributed by atoms with Crippen molar-refractivity contribution in [2.75, 3.05) is 12.3 Å². The Balaban J connectivity index is 1.97. The molecule has 0 bridgehead atoms. The highest BCUT2D eigenvalue weighted by atomic mass is 32.2. The monoisotopic (exact) mass is 313 g/mol. The molecular weight excluding hydrogens is 278 g/mol. The number of nitrogens with one attached hydrogen (secondary N) is 1. The SMILES string of the molecule is CCCNC(CSC1CCCC1)C1CC(C)(C)OC1(C)C. The summed E-state index contributed by atoms with van der Waals surface area (Å²) in [5.74, 6) is 1.87. The molecule has 2 atom stereocenters. The quantitative estimate of drug-likeness (QED) is 0.741. The molecule has 1 N–H and O–H groups in total. The van der Waals surface area contributed by atoms with Gasteiger partial charge in [-0.25, -0.2) is 0 Å². The maximum absolute atomic E-state index is 6.33. The first-order valence-electron chi connectivity index (χ1n) is 8.89. The summed E-state index contributed by atoms with van der Waals surface area (Å²) in [5, 5.41) is 4.74. The van der Waals surface area contributed by atoms with Crippen LogP contribution in [0, 0.1) is 5.92 Å². The minimum atomic E-state index is -0.00879. The van der Waals surface area contributed by atoms with Crippen molar-refractivity contribution in [1.29, 1.82) is 0 Å². The summed E-state index contributed by atoms with van der Waals surface area (Å²) in [5.41, 5.74) is 0.0173. The highest BCUT2D eigenvalue weighted by molar-refractivity contribution is 7.99. The lowest BCUT2D eigenvalue weighted by atomic mass is 9.82. The summed E-state index contributed by atoms with van der Waals surface area (Å²) < 4.78 is 6.33. The molecule has 124 valence electrons. The second-order valence-corrected chi connectivity index (χ2v) is 9.41. The van der Waals surface area contributed by atoms with Crippen molar-refractivity contribution in [3.05, 3.63) is 0 Å². The Bertz CT molecular complexity index is 323. The van der Waals surface area contributed by atoms with Crippen LogP contribution in [0.4, 0.5) is 0 Å². The summed E-state index contributed by atoms with van der Waals surface area (Å²) in [6.07, 6.45) is 8.13. The average molecular weight is 314 g/mol. The van der Waals surface area contributed by atoms with Crippen LogP contribution >= 0.6 is 11.8 Å². The van der Waals surface area contributed by atoms with Gasteiger partial charge >= 0.3 is 0 Å². The topological polar surface area (TPSA) is 21.3 Å². The minimum Gasteiger partial charge on any atom is -0.369 e. The van der Waals surface area contributed by atoms with E-state index in [0.717, 1.165) is 11.8 Å². The van der Waals surface area contributed by atoms with Gasteiger partial charge in [-0.3, -0.25) is 0 Å². The molecule has 0 aromatic heterocycles. The van der Waals surface area contributed by atoms with E-state index in [-0.39, 0.29) is 11.2 Å². The van der Waals surface area contributed by atoms with Crippen molar-refractivity contribution < 1.29 is 4.74 Å². The zero-order valence-corrected chi connectivity index (χ0v) is 15.5. The highest BCUT2D eigenvalue weighted by Crippen LogP contribution is 2.44. The number of hydrogen-bond acceptors (Lipinski definition) is 3. The van der Waals surface area contributed by atoms with Gasteiger partial charge in [0.15, 0.2) is 0 Å². The Hall–Kier alpha value is 0.270. The molecule has 2 rings (SSSR count). The van der Waals surface area contributed by atoms with Crippen molar-refractivity contribution in [3.63, 3.8) is 0 Å². The summed E-state index contributed by atoms with van der Waals surface area (Å²) in [6.45, 7) is 12.4. The lowest BCUT2D eigenvalue weighted by molar-refractivity contribution is -0.0769. The summed E-state index contributed by atoms with van der Waals surface area (Å²) in [4.78, 5) is 0. The van der Waals surface area contributed by atoms with E-state index < -0.39 is 0 Å². The van der Waals surface area contributed by atoms with E-state index in [2.05, 4.69) is 51.7 Å². The van der Waals surface area contributed by atoms with Gasteiger partial charge in [0.25, 0.3) is 0 Å². The molecule has 2 aliphatic rings. The molecule has 1 aliphatic carbocycles. The maximum atomic E-state index is 6.33. The summed E-state index contributed by atoms with van der Waals surface area (Å²) in [6, 6.07) is 0.590. The van der Waals surface area contributed by atoms with Crippen molar-refractivity contribution in [2.45, 2.75) is 95.6 Å². The molecule has 2 fully saturated rings. The van der Waals surface area contributed by atoms with Crippen LogP contribution < -0.4 is 5.32 Å². The van der Waals surface area contributed by atoms with Crippen LogP contribution in [0.1, 0.15) is 73.1 Å². The van der Waals surface area contributed by atoms with Gasteiger partial charge in [0, 0.05) is 23.0 Å². The van der Waals surface area contributed by atoms with Crippen molar-refractivity contribution in [3.8, 4) is 0 Å². The van der Waals surface area contributed by atoms with Crippen LogP contribution in [0.5, 0.6) is 0 Å². The lowest BCUT2D eigenvalue weighted by Gasteiger charge is -2.34. The van der Waals surface area contributed by atoms with Gasteiger partial charge in [0.2, 0.25) is 0 Å². The Labute approximate surface area is 136 Å². The molecule has 1 saturated heterocycles. The molecule has 3 heteroatoms. The van der Waals surface area contributed by atoms with Crippen LogP contribution in [-0.4, -0.2) is 34.8 Å². The molecule has 0 amide bonds. The Morgan fingerprint density at radius 3 is 2.38 bits per heavy atom. The first-order valence-corrected chi connectivity index (χ1v) is 9.94. The zero-order chi connectivity index (χ0) is 15.5. The molecule has 0 radical (unpaired) electrons. The largest absolute Gasteiger partial charge is 0.369 e. The van der Waals surface area contributed by atoms with Crippen molar-refractivity contribution >= 4 is 11.8 Å². The molecule has 2 nitrogen and oxygen atoms in total. The minimum absolute atomic E-state index is 0.00879. The molecule has 1 saturated carbocycles. The van der Waals surface area contributed by atoms with E-state index in [4.69, 9.17) is 4.74 Å². The maximum Gasteiger partial charge on any atom is 0.0678 e. The second kappa shape index (κ2) is 7.23. The van der Waals surface area contributed by atoms with Crippen LogP contribution in [0.2, 0.25) is 0 Å². The fourth-order valence-electron chi connectivity index (χ4n) is 4.17. The van der Waals surface area contributed by atoms with Gasteiger partial charge in [0.05, 0.1) is 11.2 Å². The molecule has 0 aromatic rings. The molecule has 1 heterocycles. The van der Waals surface area contributed by atoms with Crippen molar-refractivity contribution in [2.24, 2.45) is 5.92 Å². The number of rotatable bonds is 7. The van der Waals surface area contributed by atoms with E-state index in [0.29, 0.717) is 12.0 Å². The van der Waals surface area contributed by atoms with E-state index in [9.17, 15) is 0 Å². The predicted molar refractivity (Wildman–Crippen MR) is 94.1 cm³/mol. The van der Waals surface area contributed by atoms with Gasteiger partial charge < -0.3 is 10.1 Å². The molecule has 2 unspecified atom stereocenters. The van der Waals surface area contributed by atoms with Gasteiger partial charge in [0.1, 0.15) is 0 Å². The summed E-state index contributed by atoms with van der Waals surface area (Å²) in [7, 11) is 0. The number of thioether (sulfide) groups is 1. The second-order valence-electron chi connectivity index (χ2n) is 8.08. The summed E-state index contributed by atoms with van der Waals surface area (Å²) >= 11 is 2.21. The van der Waals surface area contributed by atoms with E-state index >= 15 is 0 Å². The third kappa shape index (κ3) is 4.87. The van der Waals surface area contributed by atoms with E-state index in [1.807, 2.05) is 0 Å². The molecule has 1 aliphatic heterocycles. The fraction of sp³-hybridized carbons (Fsp3) is 1.00. The van der Waals surface area contributed by atoms with Crippen LogP contribution in [-0.2, 0) is 4.74 Å². The molecule has 21 heavy (non-hydrogen) atoms. The first kappa shape index (κ1) is 17.6. The third-order valence-electron chi connectivity index (χ3n) is 5.10. The van der Waals surface area contributed by atoms with Gasteiger partial charge in [-0.15, -0.1) is 0 Å². The third-order valence-corrected chi connectivity index (χ3v) is 6.59. The normalized spacial score (nSPS) is 29.9. The van der Waals surface area contributed by atoms with E-state index in [1.165, 1.54) is 44.3 Å². The average Bonchev–Trinajstić information content (AvgIpc) is 2.95. The first-order chi connectivity index (χ1) is 9.84. The number of hydrogen-bond donors (Lipinski definition) is 1. The molecule has 0 aromatic carbocycles. The Morgan fingerprint density at radius 1 is 1.19 bits per heavy atom. The van der Waals surface area contributed by atoms with Gasteiger partial charge in [-0.05, 0) is 59.9 Å². The fourth-order valence-corrected chi connectivity index (χ4v) is 5.67.